The fourth-order valence-electron chi connectivity index (χ4n) is 2.30. The lowest BCUT2D eigenvalue weighted by Crippen LogP contribution is -2.21. The van der Waals surface area contributed by atoms with Crippen molar-refractivity contribution in [2.75, 3.05) is 17.1 Å². The smallest absolute Gasteiger partial charge is 0.236 e. The van der Waals surface area contributed by atoms with E-state index >= 15 is 0 Å². The average molecular weight is 392 g/mol. The normalized spacial score (nSPS) is 11.3. The second-order valence-corrected chi connectivity index (χ2v) is 8.42. The molecule has 0 radical (unpaired) electrons. The van der Waals surface area contributed by atoms with E-state index in [4.69, 9.17) is 4.74 Å². The van der Waals surface area contributed by atoms with E-state index in [-0.39, 0.29) is 18.2 Å². The van der Waals surface area contributed by atoms with Gasteiger partial charge in [-0.25, -0.2) is 17.8 Å². The summed E-state index contributed by atoms with van der Waals surface area (Å²) in [5.41, 5.74) is 1.92. The molecule has 0 spiro atoms. The number of hydrogen-bond acceptors (Lipinski definition) is 5. The number of halogens is 1. The van der Waals surface area contributed by atoms with Gasteiger partial charge in [-0.3, -0.25) is 4.72 Å². The van der Waals surface area contributed by atoms with Crippen LogP contribution in [0.2, 0.25) is 0 Å². The Labute approximate surface area is 155 Å². The third kappa shape index (κ3) is 4.80. The molecule has 26 heavy (non-hydrogen) atoms. The number of nitrogens with one attached hydrogen (secondary N) is 1. The number of nitrogens with zero attached hydrogens (tertiary/aromatic N) is 1. The summed E-state index contributed by atoms with van der Waals surface area (Å²) in [7, 11) is -3.61. The van der Waals surface area contributed by atoms with Crippen LogP contribution in [0, 0.1) is 12.7 Å². The van der Waals surface area contributed by atoms with E-state index in [1.807, 2.05) is 24.4 Å². The molecule has 1 aromatic heterocycles. The molecular weight excluding hydrogens is 375 g/mol. The van der Waals surface area contributed by atoms with Crippen LogP contribution < -0.4 is 9.46 Å². The molecule has 3 rings (SSSR count). The van der Waals surface area contributed by atoms with Crippen LogP contribution in [0.15, 0.2) is 53.9 Å². The van der Waals surface area contributed by atoms with Crippen molar-refractivity contribution < 1.29 is 17.5 Å². The number of aromatic nitrogens is 1. The molecule has 0 bridgehead atoms. The van der Waals surface area contributed by atoms with E-state index in [1.165, 1.54) is 35.6 Å². The maximum atomic E-state index is 12.9. The van der Waals surface area contributed by atoms with Crippen molar-refractivity contribution in [3.63, 3.8) is 0 Å². The molecular formula is C18H17FN2O3S2. The van der Waals surface area contributed by atoms with Crippen molar-refractivity contribution in [2.24, 2.45) is 0 Å². The summed E-state index contributed by atoms with van der Waals surface area (Å²) in [6.07, 6.45) is 0. The van der Waals surface area contributed by atoms with Gasteiger partial charge in [-0.2, -0.15) is 0 Å². The first-order valence-corrected chi connectivity index (χ1v) is 10.4. The van der Waals surface area contributed by atoms with Crippen LogP contribution in [0.3, 0.4) is 0 Å². The Morgan fingerprint density at radius 3 is 2.58 bits per heavy atom. The van der Waals surface area contributed by atoms with Crippen LogP contribution in [-0.2, 0) is 10.0 Å². The van der Waals surface area contributed by atoms with Crippen molar-refractivity contribution >= 4 is 27.0 Å². The largest absolute Gasteiger partial charge is 0.492 e. The van der Waals surface area contributed by atoms with Crippen LogP contribution in [0.1, 0.15) is 5.01 Å². The highest BCUT2D eigenvalue weighted by molar-refractivity contribution is 7.92. The first kappa shape index (κ1) is 18.3. The number of aryl methyl sites for hydroxylation is 1. The van der Waals surface area contributed by atoms with Gasteiger partial charge in [0.05, 0.1) is 16.4 Å². The molecule has 3 aromatic rings. The monoisotopic (exact) mass is 392 g/mol. The van der Waals surface area contributed by atoms with Gasteiger partial charge >= 0.3 is 0 Å². The Morgan fingerprint density at radius 1 is 1.15 bits per heavy atom. The van der Waals surface area contributed by atoms with Crippen molar-refractivity contribution in [3.05, 3.63) is 64.7 Å². The van der Waals surface area contributed by atoms with E-state index < -0.39 is 10.0 Å². The van der Waals surface area contributed by atoms with Gasteiger partial charge in [-0.1, -0.05) is 18.2 Å². The zero-order valence-electron chi connectivity index (χ0n) is 14.0. The van der Waals surface area contributed by atoms with Gasteiger partial charge in [0.15, 0.2) is 0 Å². The van der Waals surface area contributed by atoms with Crippen molar-refractivity contribution in [1.29, 1.82) is 0 Å². The number of ether oxygens (including phenoxy) is 1. The van der Waals surface area contributed by atoms with Crippen LogP contribution in [0.4, 0.5) is 10.1 Å². The van der Waals surface area contributed by atoms with Crippen LogP contribution in [0.5, 0.6) is 5.75 Å². The second-order valence-electron chi connectivity index (χ2n) is 5.52. The summed E-state index contributed by atoms with van der Waals surface area (Å²) in [5.74, 6) is -0.185. The molecule has 1 heterocycles. The van der Waals surface area contributed by atoms with Gasteiger partial charge in [-0.05, 0) is 37.3 Å². The molecule has 0 saturated heterocycles. The molecule has 0 fully saturated rings. The Balaban J connectivity index is 1.67. The highest BCUT2D eigenvalue weighted by Gasteiger charge is 2.15. The highest BCUT2D eigenvalue weighted by Crippen LogP contribution is 2.29. The summed E-state index contributed by atoms with van der Waals surface area (Å²) >= 11 is 1.50. The molecule has 0 amide bonds. The Kier molecular flexibility index (Phi) is 5.53. The zero-order valence-corrected chi connectivity index (χ0v) is 15.6. The lowest BCUT2D eigenvalue weighted by Gasteiger charge is -2.12. The van der Waals surface area contributed by atoms with Gasteiger partial charge < -0.3 is 4.74 Å². The summed E-state index contributed by atoms with van der Waals surface area (Å²) < 4.78 is 45.5. The fourth-order valence-corrected chi connectivity index (χ4v) is 3.83. The number of benzene rings is 2. The maximum absolute atomic E-state index is 12.9. The lowest BCUT2D eigenvalue weighted by atomic mass is 10.1. The van der Waals surface area contributed by atoms with Crippen LogP contribution in [0.25, 0.3) is 11.3 Å². The molecule has 0 aliphatic heterocycles. The molecule has 5 nitrogen and oxygen atoms in total. The zero-order chi connectivity index (χ0) is 18.6. The van der Waals surface area contributed by atoms with E-state index in [2.05, 4.69) is 9.71 Å². The molecule has 0 aliphatic carbocycles. The quantitative estimate of drug-likeness (QED) is 0.658. The van der Waals surface area contributed by atoms with Gasteiger partial charge in [0, 0.05) is 10.9 Å². The van der Waals surface area contributed by atoms with E-state index in [0.29, 0.717) is 11.4 Å². The summed E-state index contributed by atoms with van der Waals surface area (Å²) in [4.78, 5) is 4.41. The Morgan fingerprint density at radius 2 is 1.88 bits per heavy atom. The van der Waals surface area contributed by atoms with Gasteiger partial charge in [-0.15, -0.1) is 11.3 Å². The van der Waals surface area contributed by atoms with Crippen molar-refractivity contribution in [1.82, 2.24) is 4.98 Å². The molecule has 136 valence electrons. The number of rotatable bonds is 7. The number of hydrogen-bond donors (Lipinski definition) is 1. The standard InChI is InChI=1S/C18H17FN2O3S2/c1-13-20-18(12-25-13)16-4-2-3-5-17(16)21-26(22,23)11-10-24-15-8-6-14(19)7-9-15/h2-9,12,21H,10-11H2,1H3. The maximum Gasteiger partial charge on any atom is 0.236 e. The Hall–Kier alpha value is -2.45. The minimum atomic E-state index is -3.61. The van der Waals surface area contributed by atoms with E-state index in [1.54, 1.807) is 12.1 Å². The molecule has 2 aromatic carbocycles. The summed E-state index contributed by atoms with van der Waals surface area (Å²) in [5, 5.41) is 2.80. The summed E-state index contributed by atoms with van der Waals surface area (Å²) in [6.45, 7) is 1.85. The molecule has 0 saturated carbocycles. The first-order valence-electron chi connectivity index (χ1n) is 7.83. The predicted octanol–water partition coefficient (Wildman–Crippen LogP) is 4.08. The highest BCUT2D eigenvalue weighted by atomic mass is 32.2. The number of sulfonamides is 1. The van der Waals surface area contributed by atoms with Crippen molar-refractivity contribution in [3.8, 4) is 17.0 Å². The van der Waals surface area contributed by atoms with Crippen LogP contribution >= 0.6 is 11.3 Å². The third-order valence-electron chi connectivity index (χ3n) is 3.52. The molecule has 0 atom stereocenters. The van der Waals surface area contributed by atoms with E-state index in [0.717, 1.165) is 16.3 Å². The number of anilines is 1. The topological polar surface area (TPSA) is 68.3 Å². The van der Waals surface area contributed by atoms with Crippen LogP contribution in [-0.4, -0.2) is 25.8 Å². The number of thiazole rings is 1. The van der Waals surface area contributed by atoms with Gasteiger partial charge in [0.25, 0.3) is 0 Å². The molecule has 0 aliphatic rings. The van der Waals surface area contributed by atoms with Gasteiger partial charge in [0.1, 0.15) is 23.9 Å². The lowest BCUT2D eigenvalue weighted by molar-refractivity contribution is 0.340. The third-order valence-corrected chi connectivity index (χ3v) is 5.53. The SMILES string of the molecule is Cc1nc(-c2ccccc2NS(=O)(=O)CCOc2ccc(F)cc2)cs1. The second kappa shape index (κ2) is 7.84. The predicted molar refractivity (Wildman–Crippen MR) is 102 cm³/mol. The van der Waals surface area contributed by atoms with E-state index in [9.17, 15) is 12.8 Å². The van der Waals surface area contributed by atoms with Gasteiger partial charge in [0.2, 0.25) is 10.0 Å². The number of para-hydroxylation sites is 1. The summed E-state index contributed by atoms with van der Waals surface area (Å²) in [6, 6.07) is 12.5. The molecule has 8 heteroatoms. The molecule has 1 N–H and O–H groups in total. The first-order chi connectivity index (χ1) is 12.4. The van der Waals surface area contributed by atoms with Crippen molar-refractivity contribution in [2.45, 2.75) is 6.92 Å². The minimum Gasteiger partial charge on any atom is -0.492 e. The minimum absolute atomic E-state index is 0.0427. The molecule has 0 unspecified atom stereocenters. The average Bonchev–Trinajstić information content (AvgIpc) is 3.03. The Bertz CT molecular complexity index is 986. The fraction of sp³-hybridized carbons (Fsp3) is 0.167.